The van der Waals surface area contributed by atoms with E-state index in [4.69, 9.17) is 5.73 Å². The van der Waals surface area contributed by atoms with Gasteiger partial charge < -0.3 is 11.1 Å². The largest absolute Gasteiger partial charge is 0.393 e. The van der Waals surface area contributed by atoms with Crippen LogP contribution in [0.2, 0.25) is 0 Å². The molecule has 1 rings (SSSR count). The molecule has 1 heterocycles. The van der Waals surface area contributed by atoms with Crippen molar-refractivity contribution in [3.05, 3.63) is 30.1 Å². The molecular formula is C9H11N3OS. The maximum absolute atomic E-state index is 11.4. The fourth-order valence-electron chi connectivity index (χ4n) is 0.905. The second-order valence-electron chi connectivity index (χ2n) is 2.71. The van der Waals surface area contributed by atoms with E-state index in [0.717, 1.165) is 0 Å². The van der Waals surface area contributed by atoms with Crippen molar-refractivity contribution in [1.82, 2.24) is 10.3 Å². The molecule has 0 aromatic carbocycles. The smallest absolute Gasteiger partial charge is 0.251 e. The van der Waals surface area contributed by atoms with E-state index in [9.17, 15) is 4.79 Å². The van der Waals surface area contributed by atoms with Crippen LogP contribution >= 0.6 is 12.2 Å². The molecule has 0 aliphatic rings. The van der Waals surface area contributed by atoms with Gasteiger partial charge in [0.1, 0.15) is 0 Å². The first-order valence-corrected chi connectivity index (χ1v) is 4.57. The fraction of sp³-hybridized carbons (Fsp3) is 0.222. The number of nitrogens with one attached hydrogen (secondary N) is 1. The maximum Gasteiger partial charge on any atom is 0.251 e. The highest BCUT2D eigenvalue weighted by atomic mass is 32.1. The summed E-state index contributed by atoms with van der Waals surface area (Å²) in [6.07, 6.45) is 3.66. The average molecular weight is 209 g/mol. The third-order valence-corrected chi connectivity index (χ3v) is 1.80. The molecule has 5 heteroatoms. The maximum atomic E-state index is 11.4. The van der Waals surface area contributed by atoms with Crippen molar-refractivity contribution >= 4 is 23.1 Å². The number of hydrogen-bond acceptors (Lipinski definition) is 3. The molecule has 74 valence electrons. The molecular weight excluding hydrogens is 198 g/mol. The number of carbonyl (C=O) groups is 1. The second kappa shape index (κ2) is 5.29. The highest BCUT2D eigenvalue weighted by Crippen LogP contribution is 1.95. The van der Waals surface area contributed by atoms with Crippen LogP contribution in [0.4, 0.5) is 0 Å². The van der Waals surface area contributed by atoms with Crippen LogP contribution in [-0.2, 0) is 0 Å². The lowest BCUT2D eigenvalue weighted by Crippen LogP contribution is -2.27. The molecule has 4 nitrogen and oxygen atoms in total. The Morgan fingerprint density at radius 1 is 1.50 bits per heavy atom. The Balaban J connectivity index is 2.40. The van der Waals surface area contributed by atoms with Crippen LogP contribution in [0.5, 0.6) is 0 Å². The van der Waals surface area contributed by atoms with Crippen LogP contribution in [0.25, 0.3) is 0 Å². The summed E-state index contributed by atoms with van der Waals surface area (Å²) < 4.78 is 0. The molecule has 0 fully saturated rings. The second-order valence-corrected chi connectivity index (χ2v) is 3.23. The van der Waals surface area contributed by atoms with Crippen molar-refractivity contribution in [2.75, 3.05) is 6.54 Å². The van der Waals surface area contributed by atoms with Crippen molar-refractivity contribution in [2.24, 2.45) is 5.73 Å². The van der Waals surface area contributed by atoms with Gasteiger partial charge in [-0.2, -0.15) is 0 Å². The lowest BCUT2D eigenvalue weighted by atomic mass is 10.2. The van der Waals surface area contributed by atoms with Crippen molar-refractivity contribution in [3.8, 4) is 0 Å². The van der Waals surface area contributed by atoms with Crippen molar-refractivity contribution in [2.45, 2.75) is 6.42 Å². The third kappa shape index (κ3) is 3.49. The molecule has 0 radical (unpaired) electrons. The lowest BCUT2D eigenvalue weighted by molar-refractivity contribution is 0.0954. The van der Waals surface area contributed by atoms with Gasteiger partial charge in [0.05, 0.1) is 4.99 Å². The zero-order valence-electron chi connectivity index (χ0n) is 7.56. The molecule has 0 saturated heterocycles. The highest BCUT2D eigenvalue weighted by molar-refractivity contribution is 7.80. The summed E-state index contributed by atoms with van der Waals surface area (Å²) in [5, 5.41) is 2.70. The summed E-state index contributed by atoms with van der Waals surface area (Å²) in [5.41, 5.74) is 5.87. The van der Waals surface area contributed by atoms with Crippen LogP contribution in [0.15, 0.2) is 24.5 Å². The molecule has 1 aromatic rings. The predicted molar refractivity (Wildman–Crippen MR) is 58.0 cm³/mol. The summed E-state index contributed by atoms with van der Waals surface area (Å²) in [4.78, 5) is 15.6. The van der Waals surface area contributed by atoms with Gasteiger partial charge in [-0.1, -0.05) is 12.2 Å². The Morgan fingerprint density at radius 3 is 2.71 bits per heavy atom. The molecule has 14 heavy (non-hydrogen) atoms. The lowest BCUT2D eigenvalue weighted by Gasteiger charge is -2.03. The van der Waals surface area contributed by atoms with Crippen LogP contribution in [0.1, 0.15) is 16.8 Å². The molecule has 3 N–H and O–H groups in total. The Hall–Kier alpha value is -1.49. The van der Waals surface area contributed by atoms with E-state index in [1.165, 1.54) is 0 Å². The van der Waals surface area contributed by atoms with Crippen molar-refractivity contribution in [3.63, 3.8) is 0 Å². The van der Waals surface area contributed by atoms with E-state index in [0.29, 0.717) is 23.5 Å². The van der Waals surface area contributed by atoms with Gasteiger partial charge in [0, 0.05) is 30.9 Å². The van der Waals surface area contributed by atoms with E-state index in [-0.39, 0.29) is 5.91 Å². The predicted octanol–water partition coefficient (Wildman–Crippen LogP) is 0.488. The Morgan fingerprint density at radius 2 is 2.14 bits per heavy atom. The number of aromatic nitrogens is 1. The molecule has 1 amide bonds. The van der Waals surface area contributed by atoms with Crippen LogP contribution in [-0.4, -0.2) is 22.4 Å². The number of nitrogens with zero attached hydrogens (tertiary/aromatic N) is 1. The van der Waals surface area contributed by atoms with E-state index in [2.05, 4.69) is 22.5 Å². The highest BCUT2D eigenvalue weighted by Gasteiger charge is 2.02. The number of amides is 1. The Labute approximate surface area is 87.5 Å². The number of hydrogen-bond donors (Lipinski definition) is 2. The van der Waals surface area contributed by atoms with Crippen LogP contribution < -0.4 is 11.1 Å². The van der Waals surface area contributed by atoms with E-state index in [1.807, 2.05) is 0 Å². The monoisotopic (exact) mass is 209 g/mol. The standard InChI is InChI=1S/C9H11N3OS/c10-8(14)3-6-12-9(13)7-1-4-11-5-2-7/h1-2,4-5H,3,6H2,(H2,10,14)(H,12,13). The van der Waals surface area contributed by atoms with Crippen molar-refractivity contribution in [1.29, 1.82) is 0 Å². The molecule has 0 aliphatic carbocycles. The number of nitrogens with two attached hydrogens (primary N) is 1. The molecule has 0 bridgehead atoms. The number of thiocarbonyl (C=S) groups is 1. The molecule has 0 aliphatic heterocycles. The minimum atomic E-state index is -0.136. The SMILES string of the molecule is NC(=S)CCNC(=O)c1ccncc1. The van der Waals surface area contributed by atoms with E-state index < -0.39 is 0 Å². The zero-order chi connectivity index (χ0) is 10.4. The van der Waals surface area contributed by atoms with Gasteiger partial charge in [0.2, 0.25) is 0 Å². The first kappa shape index (κ1) is 10.6. The van der Waals surface area contributed by atoms with Gasteiger partial charge in [0.15, 0.2) is 0 Å². The van der Waals surface area contributed by atoms with E-state index in [1.54, 1.807) is 24.5 Å². The molecule has 1 aromatic heterocycles. The number of pyridine rings is 1. The zero-order valence-corrected chi connectivity index (χ0v) is 8.38. The van der Waals surface area contributed by atoms with Gasteiger partial charge >= 0.3 is 0 Å². The third-order valence-electron chi connectivity index (χ3n) is 1.60. The minimum absolute atomic E-state index is 0.136. The van der Waals surface area contributed by atoms with E-state index >= 15 is 0 Å². The first-order valence-electron chi connectivity index (χ1n) is 4.16. The van der Waals surface area contributed by atoms with Crippen LogP contribution in [0.3, 0.4) is 0 Å². The normalized spacial score (nSPS) is 9.43. The van der Waals surface area contributed by atoms with Gasteiger partial charge in [-0.3, -0.25) is 9.78 Å². The molecule has 0 spiro atoms. The minimum Gasteiger partial charge on any atom is -0.393 e. The average Bonchev–Trinajstić information content (AvgIpc) is 2.18. The molecule has 0 unspecified atom stereocenters. The van der Waals surface area contributed by atoms with Gasteiger partial charge in [-0.25, -0.2) is 0 Å². The van der Waals surface area contributed by atoms with Gasteiger partial charge in [-0.15, -0.1) is 0 Å². The molecule has 0 saturated carbocycles. The topological polar surface area (TPSA) is 68.0 Å². The Kier molecular flexibility index (Phi) is 4.00. The summed E-state index contributed by atoms with van der Waals surface area (Å²) in [6, 6.07) is 3.30. The van der Waals surface area contributed by atoms with Gasteiger partial charge in [0.25, 0.3) is 5.91 Å². The summed E-state index contributed by atoms with van der Waals surface area (Å²) in [5.74, 6) is -0.136. The van der Waals surface area contributed by atoms with Crippen LogP contribution in [0, 0.1) is 0 Å². The quantitative estimate of drug-likeness (QED) is 0.708. The summed E-state index contributed by atoms with van der Waals surface area (Å²) in [6.45, 7) is 0.469. The fourth-order valence-corrected chi connectivity index (χ4v) is 1.01. The molecule has 0 atom stereocenters. The number of rotatable bonds is 4. The Bertz CT molecular complexity index is 326. The van der Waals surface area contributed by atoms with Crippen molar-refractivity contribution < 1.29 is 4.79 Å². The van der Waals surface area contributed by atoms with Gasteiger partial charge in [-0.05, 0) is 12.1 Å². The summed E-state index contributed by atoms with van der Waals surface area (Å²) in [7, 11) is 0. The summed E-state index contributed by atoms with van der Waals surface area (Å²) >= 11 is 4.68. The first-order chi connectivity index (χ1) is 6.70. The number of carbonyl (C=O) groups excluding carboxylic acids is 1.